The average Bonchev–Trinajstić information content (AvgIpc) is 3.36. The lowest BCUT2D eigenvalue weighted by Gasteiger charge is -2.31. The lowest BCUT2D eigenvalue weighted by molar-refractivity contribution is 0.0332. The van der Waals surface area contributed by atoms with Gasteiger partial charge in [0, 0.05) is 38.3 Å². The van der Waals surface area contributed by atoms with E-state index in [1.54, 1.807) is 12.1 Å². The van der Waals surface area contributed by atoms with E-state index in [1.807, 2.05) is 31.2 Å². The molecule has 0 saturated carbocycles. The van der Waals surface area contributed by atoms with Gasteiger partial charge in [-0.3, -0.25) is 9.69 Å². The quantitative estimate of drug-likeness (QED) is 0.691. The number of amides is 1. The van der Waals surface area contributed by atoms with Crippen LogP contribution in [0.1, 0.15) is 40.4 Å². The third kappa shape index (κ3) is 5.38. The molecule has 0 unspecified atom stereocenters. The predicted octanol–water partition coefficient (Wildman–Crippen LogP) is 2.58. The standard InChI is InChI=1S/C24H31N3O4S/c1-19-4-6-20(7-5-19)23(18-26-14-16-31-17-15-26)25-24(28)21-8-10-22(11-9-21)32(29,30)27-12-2-3-13-27/h4-11,23H,2-3,12-18H2,1H3,(H,25,28)/t23-/m0/s1. The highest BCUT2D eigenvalue weighted by Crippen LogP contribution is 2.22. The number of sulfonamides is 1. The van der Waals surface area contributed by atoms with Crippen LogP contribution in [0.25, 0.3) is 0 Å². The predicted molar refractivity (Wildman–Crippen MR) is 123 cm³/mol. The molecule has 1 atom stereocenters. The summed E-state index contributed by atoms with van der Waals surface area (Å²) in [5, 5.41) is 3.15. The Bertz CT molecular complexity index is 1010. The lowest BCUT2D eigenvalue weighted by Crippen LogP contribution is -2.43. The van der Waals surface area contributed by atoms with E-state index in [1.165, 1.54) is 22.0 Å². The van der Waals surface area contributed by atoms with Gasteiger partial charge in [0.1, 0.15) is 0 Å². The van der Waals surface area contributed by atoms with Crippen LogP contribution < -0.4 is 5.32 Å². The van der Waals surface area contributed by atoms with Crippen molar-refractivity contribution in [1.82, 2.24) is 14.5 Å². The van der Waals surface area contributed by atoms with Crippen LogP contribution in [0.4, 0.5) is 0 Å². The van der Waals surface area contributed by atoms with E-state index in [9.17, 15) is 13.2 Å². The molecule has 2 aliphatic rings. The van der Waals surface area contributed by atoms with E-state index >= 15 is 0 Å². The Morgan fingerprint density at radius 1 is 0.969 bits per heavy atom. The van der Waals surface area contributed by atoms with E-state index in [-0.39, 0.29) is 16.8 Å². The number of ether oxygens (including phenoxy) is 1. The molecule has 2 saturated heterocycles. The summed E-state index contributed by atoms with van der Waals surface area (Å²) in [5.74, 6) is -0.214. The maximum atomic E-state index is 13.0. The van der Waals surface area contributed by atoms with Gasteiger partial charge in [0.25, 0.3) is 5.91 Å². The number of nitrogens with one attached hydrogen (secondary N) is 1. The third-order valence-electron chi connectivity index (χ3n) is 6.15. The number of hydrogen-bond donors (Lipinski definition) is 1. The number of carbonyl (C=O) groups is 1. The maximum Gasteiger partial charge on any atom is 0.251 e. The van der Waals surface area contributed by atoms with Crippen LogP contribution in [-0.4, -0.2) is 69.5 Å². The first-order valence-corrected chi connectivity index (χ1v) is 12.7. The van der Waals surface area contributed by atoms with Crippen molar-refractivity contribution in [3.8, 4) is 0 Å². The third-order valence-corrected chi connectivity index (χ3v) is 8.06. The molecule has 172 valence electrons. The minimum Gasteiger partial charge on any atom is -0.379 e. The van der Waals surface area contributed by atoms with Gasteiger partial charge < -0.3 is 10.1 Å². The monoisotopic (exact) mass is 457 g/mol. The van der Waals surface area contributed by atoms with Gasteiger partial charge in [-0.05, 0) is 49.6 Å². The molecule has 0 bridgehead atoms. The SMILES string of the molecule is Cc1ccc([C@H](CN2CCOCC2)NC(=O)c2ccc(S(=O)(=O)N3CCCC3)cc2)cc1. The zero-order chi connectivity index (χ0) is 22.6. The number of benzene rings is 2. The second-order valence-electron chi connectivity index (χ2n) is 8.49. The molecule has 2 fully saturated rings. The molecule has 2 aromatic rings. The molecule has 0 aromatic heterocycles. The highest BCUT2D eigenvalue weighted by molar-refractivity contribution is 7.89. The van der Waals surface area contributed by atoms with Crippen LogP contribution in [0.2, 0.25) is 0 Å². The first-order valence-electron chi connectivity index (χ1n) is 11.2. The van der Waals surface area contributed by atoms with Gasteiger partial charge in [-0.1, -0.05) is 29.8 Å². The first kappa shape index (κ1) is 22.9. The minimum atomic E-state index is -3.49. The maximum absolute atomic E-state index is 13.0. The van der Waals surface area contributed by atoms with Crippen LogP contribution >= 0.6 is 0 Å². The van der Waals surface area contributed by atoms with Crippen LogP contribution in [0.15, 0.2) is 53.4 Å². The fourth-order valence-electron chi connectivity index (χ4n) is 4.17. The summed E-state index contributed by atoms with van der Waals surface area (Å²) in [6.07, 6.45) is 1.78. The van der Waals surface area contributed by atoms with Crippen molar-refractivity contribution in [2.75, 3.05) is 45.9 Å². The number of nitrogens with zero attached hydrogens (tertiary/aromatic N) is 2. The molecule has 2 aliphatic heterocycles. The topological polar surface area (TPSA) is 79.0 Å². The minimum absolute atomic E-state index is 0.172. The fourth-order valence-corrected chi connectivity index (χ4v) is 5.69. The van der Waals surface area contributed by atoms with Gasteiger partial charge in [0.2, 0.25) is 10.0 Å². The average molecular weight is 458 g/mol. The largest absolute Gasteiger partial charge is 0.379 e. The van der Waals surface area contributed by atoms with Crippen molar-refractivity contribution in [2.45, 2.75) is 30.7 Å². The number of hydrogen-bond acceptors (Lipinski definition) is 5. The summed E-state index contributed by atoms with van der Waals surface area (Å²) >= 11 is 0. The number of morpholine rings is 1. The molecule has 0 aliphatic carbocycles. The van der Waals surface area contributed by atoms with Gasteiger partial charge in [-0.25, -0.2) is 8.42 Å². The van der Waals surface area contributed by atoms with Crippen LogP contribution in [0, 0.1) is 6.92 Å². The number of aryl methyl sites for hydroxylation is 1. The first-order chi connectivity index (χ1) is 15.4. The zero-order valence-corrected chi connectivity index (χ0v) is 19.3. The van der Waals surface area contributed by atoms with Crippen molar-refractivity contribution in [2.24, 2.45) is 0 Å². The molecule has 2 heterocycles. The number of rotatable bonds is 7. The summed E-state index contributed by atoms with van der Waals surface area (Å²) in [5.41, 5.74) is 2.66. The van der Waals surface area contributed by atoms with Crippen LogP contribution in [-0.2, 0) is 14.8 Å². The van der Waals surface area contributed by atoms with Crippen molar-refractivity contribution >= 4 is 15.9 Å². The van der Waals surface area contributed by atoms with Gasteiger partial charge in [-0.2, -0.15) is 4.31 Å². The second kappa shape index (κ2) is 10.1. The van der Waals surface area contributed by atoms with Crippen LogP contribution in [0.5, 0.6) is 0 Å². The Balaban J connectivity index is 1.49. The van der Waals surface area contributed by atoms with Crippen LogP contribution in [0.3, 0.4) is 0 Å². The summed E-state index contributed by atoms with van der Waals surface area (Å²) in [7, 11) is -3.49. The Morgan fingerprint density at radius 2 is 1.59 bits per heavy atom. The van der Waals surface area contributed by atoms with Gasteiger partial charge in [0.05, 0.1) is 24.2 Å². The molecule has 0 radical (unpaired) electrons. The molecule has 4 rings (SSSR count). The normalized spacial score (nSPS) is 19.0. The Kier molecular flexibility index (Phi) is 7.25. The molecular formula is C24H31N3O4S. The zero-order valence-electron chi connectivity index (χ0n) is 18.5. The molecule has 0 spiro atoms. The number of carbonyl (C=O) groups excluding carboxylic acids is 1. The van der Waals surface area contributed by atoms with Gasteiger partial charge in [0.15, 0.2) is 0 Å². The summed E-state index contributed by atoms with van der Waals surface area (Å²) in [4.78, 5) is 15.6. The molecular weight excluding hydrogens is 426 g/mol. The van der Waals surface area contributed by atoms with Crippen molar-refractivity contribution in [3.05, 3.63) is 65.2 Å². The van der Waals surface area contributed by atoms with E-state index in [2.05, 4.69) is 10.2 Å². The second-order valence-corrected chi connectivity index (χ2v) is 10.4. The molecule has 32 heavy (non-hydrogen) atoms. The van der Waals surface area contributed by atoms with E-state index in [0.717, 1.165) is 31.5 Å². The Hall–Kier alpha value is -2.26. The highest BCUT2D eigenvalue weighted by Gasteiger charge is 2.27. The summed E-state index contributed by atoms with van der Waals surface area (Å²) in [6, 6.07) is 14.3. The fraction of sp³-hybridized carbons (Fsp3) is 0.458. The molecule has 2 aromatic carbocycles. The van der Waals surface area contributed by atoms with Crippen molar-refractivity contribution < 1.29 is 17.9 Å². The van der Waals surface area contributed by atoms with E-state index in [0.29, 0.717) is 38.4 Å². The lowest BCUT2D eigenvalue weighted by atomic mass is 10.0. The van der Waals surface area contributed by atoms with E-state index in [4.69, 9.17) is 4.74 Å². The molecule has 1 N–H and O–H groups in total. The van der Waals surface area contributed by atoms with Crippen molar-refractivity contribution in [3.63, 3.8) is 0 Å². The van der Waals surface area contributed by atoms with Gasteiger partial charge >= 0.3 is 0 Å². The van der Waals surface area contributed by atoms with Crippen molar-refractivity contribution in [1.29, 1.82) is 0 Å². The van der Waals surface area contributed by atoms with E-state index < -0.39 is 10.0 Å². The molecule has 8 heteroatoms. The summed E-state index contributed by atoms with van der Waals surface area (Å²) < 4.78 is 32.4. The molecule has 1 amide bonds. The van der Waals surface area contributed by atoms with Gasteiger partial charge in [-0.15, -0.1) is 0 Å². The Labute approximate surface area is 190 Å². The summed E-state index contributed by atoms with van der Waals surface area (Å²) in [6.45, 7) is 6.91. The molecule has 7 nitrogen and oxygen atoms in total. The smallest absolute Gasteiger partial charge is 0.251 e. The highest BCUT2D eigenvalue weighted by atomic mass is 32.2. The Morgan fingerprint density at radius 3 is 2.22 bits per heavy atom.